The van der Waals surface area contributed by atoms with Crippen LogP contribution >= 0.6 is 0 Å². The van der Waals surface area contributed by atoms with Gasteiger partial charge in [0.2, 0.25) is 5.91 Å². The summed E-state index contributed by atoms with van der Waals surface area (Å²) in [5.74, 6) is -0.967. The third-order valence-electron chi connectivity index (χ3n) is 4.32. The van der Waals surface area contributed by atoms with Crippen molar-refractivity contribution in [2.45, 2.75) is 57.4 Å². The second-order valence-corrected chi connectivity index (χ2v) is 5.69. The lowest BCUT2D eigenvalue weighted by atomic mass is 9.78. The van der Waals surface area contributed by atoms with Crippen molar-refractivity contribution in [1.29, 1.82) is 0 Å². The monoisotopic (exact) mass is 282 g/mol. The maximum absolute atomic E-state index is 12.2. The summed E-state index contributed by atoms with van der Waals surface area (Å²) in [7, 11) is 0. The molecule has 0 bridgehead atoms. The molecule has 0 spiro atoms. The minimum absolute atomic E-state index is 0.150. The van der Waals surface area contributed by atoms with Gasteiger partial charge in [0, 0.05) is 19.0 Å². The smallest absolute Gasteiger partial charge is 0.324 e. The first-order valence-electron chi connectivity index (χ1n) is 7.40. The second kappa shape index (κ2) is 6.72. The largest absolute Gasteiger partial charge is 0.481 e. The van der Waals surface area contributed by atoms with Crippen LogP contribution in [0.15, 0.2) is 0 Å². The summed E-state index contributed by atoms with van der Waals surface area (Å²) in [6.07, 6.45) is 6.31. The Labute approximate surface area is 118 Å². The molecule has 0 aromatic rings. The number of carboxylic acid groups (broad SMARTS) is 1. The number of rotatable bonds is 3. The molecule has 1 aliphatic heterocycles. The number of nitrogens with one attached hydrogen (secondary N) is 1. The molecule has 2 atom stereocenters. The van der Waals surface area contributed by atoms with E-state index in [0.29, 0.717) is 12.5 Å². The Balaban J connectivity index is 1.87. The first-order valence-corrected chi connectivity index (χ1v) is 7.40. The lowest BCUT2D eigenvalue weighted by Crippen LogP contribution is -2.54. The van der Waals surface area contributed by atoms with E-state index in [1.54, 1.807) is 4.90 Å². The molecular weight excluding hydrogens is 260 g/mol. The molecule has 1 saturated heterocycles. The molecule has 2 rings (SSSR count). The third kappa shape index (κ3) is 3.71. The third-order valence-corrected chi connectivity index (χ3v) is 4.32. The lowest BCUT2D eigenvalue weighted by Gasteiger charge is -2.43. The Hall–Kier alpha value is -1.59. The highest BCUT2D eigenvalue weighted by atomic mass is 16.4. The molecule has 2 fully saturated rings. The molecule has 2 unspecified atom stereocenters. The van der Waals surface area contributed by atoms with Gasteiger partial charge in [-0.25, -0.2) is 4.79 Å². The molecule has 1 heterocycles. The van der Waals surface area contributed by atoms with Crippen molar-refractivity contribution in [2.24, 2.45) is 5.92 Å². The van der Waals surface area contributed by atoms with Gasteiger partial charge in [-0.1, -0.05) is 12.8 Å². The number of hydrogen-bond donors (Lipinski definition) is 2. The molecule has 20 heavy (non-hydrogen) atoms. The first kappa shape index (κ1) is 14.8. The second-order valence-electron chi connectivity index (χ2n) is 5.69. The number of fused-ring (bicyclic) bond motifs is 1. The number of hydrogen-bond acceptors (Lipinski definition) is 3. The zero-order chi connectivity index (χ0) is 14.5. The van der Waals surface area contributed by atoms with E-state index < -0.39 is 11.9 Å². The highest BCUT2D eigenvalue weighted by Crippen LogP contribution is 2.35. The van der Waals surface area contributed by atoms with Crippen LogP contribution in [-0.4, -0.2) is 40.5 Å². The fourth-order valence-corrected chi connectivity index (χ4v) is 3.35. The number of amides is 3. The van der Waals surface area contributed by atoms with E-state index in [-0.39, 0.29) is 24.9 Å². The van der Waals surface area contributed by atoms with Crippen molar-refractivity contribution in [2.75, 3.05) is 6.54 Å². The van der Waals surface area contributed by atoms with Gasteiger partial charge in [0.25, 0.3) is 0 Å². The van der Waals surface area contributed by atoms with Crippen LogP contribution in [0.1, 0.15) is 51.4 Å². The van der Waals surface area contributed by atoms with Crippen molar-refractivity contribution < 1.29 is 19.5 Å². The van der Waals surface area contributed by atoms with Crippen LogP contribution in [0.25, 0.3) is 0 Å². The van der Waals surface area contributed by atoms with Crippen molar-refractivity contribution in [1.82, 2.24) is 10.2 Å². The number of nitrogens with zero attached hydrogens (tertiary/aromatic N) is 1. The van der Waals surface area contributed by atoms with Gasteiger partial charge in [0.1, 0.15) is 0 Å². The summed E-state index contributed by atoms with van der Waals surface area (Å²) < 4.78 is 0. The highest BCUT2D eigenvalue weighted by Gasteiger charge is 2.36. The predicted octanol–water partition coefficient (Wildman–Crippen LogP) is 1.74. The van der Waals surface area contributed by atoms with Gasteiger partial charge >= 0.3 is 12.0 Å². The number of aliphatic carboxylic acids is 1. The molecule has 1 saturated carbocycles. The van der Waals surface area contributed by atoms with Gasteiger partial charge < -0.3 is 10.0 Å². The van der Waals surface area contributed by atoms with Crippen LogP contribution in [0.2, 0.25) is 0 Å². The van der Waals surface area contributed by atoms with Crippen molar-refractivity contribution >= 4 is 17.9 Å². The molecule has 2 N–H and O–H groups in total. The normalized spacial score (nSPS) is 25.7. The van der Waals surface area contributed by atoms with Gasteiger partial charge in [-0.2, -0.15) is 0 Å². The van der Waals surface area contributed by atoms with Crippen LogP contribution in [0, 0.1) is 5.92 Å². The number of likely N-dealkylation sites (tertiary alicyclic amines) is 1. The van der Waals surface area contributed by atoms with E-state index >= 15 is 0 Å². The fraction of sp³-hybridized carbons (Fsp3) is 0.786. The van der Waals surface area contributed by atoms with Crippen LogP contribution in [0.5, 0.6) is 0 Å². The molecule has 6 nitrogen and oxygen atoms in total. The van der Waals surface area contributed by atoms with E-state index in [4.69, 9.17) is 5.11 Å². The fourth-order valence-electron chi connectivity index (χ4n) is 3.35. The molecule has 6 heteroatoms. The van der Waals surface area contributed by atoms with E-state index in [2.05, 4.69) is 5.32 Å². The number of carbonyl (C=O) groups is 3. The standard InChI is InChI=1S/C14H22N2O4/c17-12(7-8-13(18)19)15-14(20)16-9-3-5-10-4-1-2-6-11(10)16/h10-11H,1-9H2,(H,18,19)(H,15,17,20). The molecular formula is C14H22N2O4. The summed E-state index contributed by atoms with van der Waals surface area (Å²) in [4.78, 5) is 35.9. The van der Waals surface area contributed by atoms with Gasteiger partial charge in [0.15, 0.2) is 0 Å². The number of urea groups is 1. The maximum atomic E-state index is 12.2. The number of carbonyl (C=O) groups excluding carboxylic acids is 2. The van der Waals surface area contributed by atoms with Gasteiger partial charge in [-0.15, -0.1) is 0 Å². The Kier molecular flexibility index (Phi) is 4.98. The Bertz CT molecular complexity index is 395. The summed E-state index contributed by atoms with van der Waals surface area (Å²) in [5.41, 5.74) is 0. The summed E-state index contributed by atoms with van der Waals surface area (Å²) in [6.45, 7) is 0.694. The summed E-state index contributed by atoms with van der Waals surface area (Å²) in [5, 5.41) is 10.8. The molecule has 1 aliphatic carbocycles. The zero-order valence-electron chi connectivity index (χ0n) is 11.6. The molecule has 112 valence electrons. The van der Waals surface area contributed by atoms with E-state index in [9.17, 15) is 14.4 Å². The first-order chi connectivity index (χ1) is 9.58. The average Bonchev–Trinajstić information content (AvgIpc) is 2.44. The predicted molar refractivity (Wildman–Crippen MR) is 72.1 cm³/mol. The van der Waals surface area contributed by atoms with Crippen molar-refractivity contribution in [3.8, 4) is 0 Å². The van der Waals surface area contributed by atoms with Crippen LogP contribution in [0.4, 0.5) is 4.79 Å². The molecule has 0 aromatic carbocycles. The number of imide groups is 1. The quantitative estimate of drug-likeness (QED) is 0.825. The average molecular weight is 282 g/mol. The topological polar surface area (TPSA) is 86.7 Å². The zero-order valence-corrected chi connectivity index (χ0v) is 11.6. The molecule has 3 amide bonds. The Morgan fingerprint density at radius 3 is 2.50 bits per heavy atom. The van der Waals surface area contributed by atoms with Crippen molar-refractivity contribution in [3.63, 3.8) is 0 Å². The Morgan fingerprint density at radius 2 is 1.75 bits per heavy atom. The summed E-state index contributed by atoms with van der Waals surface area (Å²) >= 11 is 0. The molecule has 0 aromatic heterocycles. The Morgan fingerprint density at radius 1 is 1.05 bits per heavy atom. The maximum Gasteiger partial charge on any atom is 0.324 e. The minimum atomic E-state index is -1.03. The van der Waals surface area contributed by atoms with E-state index in [1.165, 1.54) is 19.3 Å². The lowest BCUT2D eigenvalue weighted by molar-refractivity contribution is -0.138. The van der Waals surface area contributed by atoms with Crippen LogP contribution < -0.4 is 5.32 Å². The van der Waals surface area contributed by atoms with Crippen LogP contribution in [-0.2, 0) is 9.59 Å². The summed E-state index contributed by atoms with van der Waals surface area (Å²) in [6, 6.07) is -0.0956. The van der Waals surface area contributed by atoms with Gasteiger partial charge in [0.05, 0.1) is 6.42 Å². The minimum Gasteiger partial charge on any atom is -0.481 e. The highest BCUT2D eigenvalue weighted by molar-refractivity contribution is 5.95. The van der Waals surface area contributed by atoms with Gasteiger partial charge in [-0.3, -0.25) is 14.9 Å². The molecule has 0 radical (unpaired) electrons. The molecule has 2 aliphatic rings. The SMILES string of the molecule is O=C(O)CCC(=O)NC(=O)N1CCCC2CCCCC21. The van der Waals surface area contributed by atoms with E-state index in [1.807, 2.05) is 0 Å². The number of carboxylic acids is 1. The van der Waals surface area contributed by atoms with Crippen molar-refractivity contribution in [3.05, 3.63) is 0 Å². The van der Waals surface area contributed by atoms with E-state index in [0.717, 1.165) is 19.3 Å². The number of piperidine rings is 1. The van der Waals surface area contributed by atoms with Crippen LogP contribution in [0.3, 0.4) is 0 Å². The van der Waals surface area contributed by atoms with Gasteiger partial charge in [-0.05, 0) is 31.6 Å².